The second-order valence-corrected chi connectivity index (χ2v) is 11.8. The fourth-order valence-corrected chi connectivity index (χ4v) is 6.58. The molecule has 2 aliphatic rings. The van der Waals surface area contributed by atoms with E-state index in [0.717, 1.165) is 33.3 Å². The molecule has 5 rings (SSSR count). The van der Waals surface area contributed by atoms with Crippen molar-refractivity contribution < 1.29 is 33.0 Å². The van der Waals surface area contributed by atoms with Gasteiger partial charge < -0.3 is 20.2 Å². The number of nitrogens with zero attached hydrogens (tertiary/aromatic N) is 2. The van der Waals surface area contributed by atoms with Crippen molar-refractivity contribution in [1.29, 1.82) is 0 Å². The first-order valence-corrected chi connectivity index (χ1v) is 15.3. The average molecular weight is 635 g/mol. The number of nitrogens with one attached hydrogen (secondary N) is 2. The highest BCUT2D eigenvalue weighted by Crippen LogP contribution is 2.46. The molecule has 242 valence electrons. The van der Waals surface area contributed by atoms with E-state index < -0.39 is 36.5 Å². The molecule has 3 aromatic rings. The molecule has 2 aliphatic heterocycles. The van der Waals surface area contributed by atoms with Gasteiger partial charge in [-0.2, -0.15) is 13.2 Å². The van der Waals surface area contributed by atoms with E-state index in [2.05, 4.69) is 19.9 Å². The Balaban J connectivity index is 2.05. The van der Waals surface area contributed by atoms with Crippen LogP contribution in [0.5, 0.6) is 0 Å². The Hall–Kier alpha value is -4.67. The Kier molecular flexibility index (Phi) is 8.72. The third kappa shape index (κ3) is 5.86. The predicted octanol–water partition coefficient (Wildman–Crippen LogP) is 8.67. The summed E-state index contributed by atoms with van der Waals surface area (Å²) in [5, 5.41) is 18.9. The van der Waals surface area contributed by atoms with Gasteiger partial charge in [0, 0.05) is 34.9 Å². The molecule has 11 heteroatoms. The number of carbonyl (C=O) groups is 2. The molecule has 3 aromatic heterocycles. The number of hydrogen-bond donors (Lipinski definition) is 4. The molecule has 8 nitrogen and oxygen atoms in total. The zero-order valence-corrected chi connectivity index (χ0v) is 26.7. The maximum atomic E-state index is 15.3. The van der Waals surface area contributed by atoms with Crippen LogP contribution in [-0.4, -0.2) is 42.1 Å². The number of allylic oxidation sites excluding steroid dienone is 4. The van der Waals surface area contributed by atoms with Gasteiger partial charge >= 0.3 is 18.1 Å². The summed E-state index contributed by atoms with van der Waals surface area (Å²) in [5.74, 6) is -2.30. The van der Waals surface area contributed by atoms with Gasteiger partial charge in [0.1, 0.15) is 5.56 Å². The molecular formula is C35H37F3N4O4. The van der Waals surface area contributed by atoms with Crippen molar-refractivity contribution >= 4 is 56.3 Å². The molecule has 5 heterocycles. The minimum atomic E-state index is -4.94. The maximum Gasteiger partial charge on any atom is 0.420 e. The number of alkyl halides is 3. The quantitative estimate of drug-likeness (QED) is 0.196. The zero-order chi connectivity index (χ0) is 33.7. The second-order valence-electron chi connectivity index (χ2n) is 11.8. The van der Waals surface area contributed by atoms with Crippen LogP contribution in [0.2, 0.25) is 0 Å². The van der Waals surface area contributed by atoms with Crippen LogP contribution < -0.4 is 0 Å². The van der Waals surface area contributed by atoms with Crippen molar-refractivity contribution in [3.63, 3.8) is 0 Å². The van der Waals surface area contributed by atoms with E-state index in [1.165, 1.54) is 0 Å². The molecule has 0 fully saturated rings. The molecular weight excluding hydrogens is 597 g/mol. The highest BCUT2D eigenvalue weighted by atomic mass is 19.4. The molecule has 0 amide bonds. The number of aromatic nitrogens is 4. The minimum absolute atomic E-state index is 0.171. The fraction of sp³-hybridized carbons (Fsp3) is 0.371. The summed E-state index contributed by atoms with van der Waals surface area (Å²) in [5.41, 5.74) is 7.08. The minimum Gasteiger partial charge on any atom is -0.481 e. The fourth-order valence-electron chi connectivity index (χ4n) is 6.58. The lowest BCUT2D eigenvalue weighted by atomic mass is 9.93. The second kappa shape index (κ2) is 12.3. The molecule has 0 saturated carbocycles. The normalized spacial score (nSPS) is 13.6. The van der Waals surface area contributed by atoms with E-state index in [1.54, 1.807) is 26.0 Å². The first-order valence-electron chi connectivity index (χ1n) is 15.3. The van der Waals surface area contributed by atoms with Crippen molar-refractivity contribution in [2.75, 3.05) is 0 Å². The van der Waals surface area contributed by atoms with Crippen LogP contribution in [-0.2, 0) is 28.6 Å². The first kappa shape index (κ1) is 32.7. The third-order valence-corrected chi connectivity index (χ3v) is 9.10. The lowest BCUT2D eigenvalue weighted by molar-refractivity contribution is -0.138. The van der Waals surface area contributed by atoms with Crippen LogP contribution in [0.25, 0.3) is 44.4 Å². The van der Waals surface area contributed by atoms with E-state index in [0.29, 0.717) is 40.7 Å². The van der Waals surface area contributed by atoms with Crippen LogP contribution in [0.1, 0.15) is 104 Å². The molecule has 0 aromatic carbocycles. The van der Waals surface area contributed by atoms with Crippen LogP contribution >= 0.6 is 0 Å². The molecule has 0 spiro atoms. The number of fused-ring (bicyclic) bond motifs is 8. The Morgan fingerprint density at radius 2 is 1.09 bits per heavy atom. The summed E-state index contributed by atoms with van der Waals surface area (Å²) < 4.78 is 45.9. The number of aromatic amines is 2. The molecule has 4 N–H and O–H groups in total. The van der Waals surface area contributed by atoms with E-state index in [-0.39, 0.29) is 41.1 Å². The lowest BCUT2D eigenvalue weighted by Gasteiger charge is -2.15. The Bertz CT molecular complexity index is 2010. The highest BCUT2D eigenvalue weighted by molar-refractivity contribution is 5.98. The monoisotopic (exact) mass is 634 g/mol. The van der Waals surface area contributed by atoms with Gasteiger partial charge in [0.25, 0.3) is 0 Å². The van der Waals surface area contributed by atoms with Crippen LogP contribution in [0, 0.1) is 13.8 Å². The molecule has 0 radical (unpaired) electrons. The molecule has 46 heavy (non-hydrogen) atoms. The van der Waals surface area contributed by atoms with Crippen molar-refractivity contribution in [2.45, 2.75) is 86.2 Å². The Morgan fingerprint density at radius 3 is 1.48 bits per heavy atom. The number of H-pyrrole nitrogens is 2. The molecule has 0 unspecified atom stereocenters. The van der Waals surface area contributed by atoms with Crippen LogP contribution in [0.15, 0.2) is 18.2 Å². The van der Waals surface area contributed by atoms with E-state index in [4.69, 9.17) is 0 Å². The standard InChI is InChI=1S/C35H37F3N4O4/c1-7-20-16(3)24-13-26-18(5)22(9-11-30(43)44)33(41-26)32(35(36,37)38)34-23(10-12-31(45)46)19(6)27(42-34)15-29-21(8-2)17(4)25(40-29)14-28(20)39-24/h13-15,39-40H,7-12H2,1-6H3,(H,43,44)(H,45,46). The maximum absolute atomic E-state index is 15.3. The van der Waals surface area contributed by atoms with Crippen molar-refractivity contribution in [2.24, 2.45) is 0 Å². The number of halogens is 3. The van der Waals surface area contributed by atoms with Gasteiger partial charge in [0.15, 0.2) is 0 Å². The lowest BCUT2D eigenvalue weighted by Crippen LogP contribution is -2.13. The topological polar surface area (TPSA) is 132 Å². The molecule has 8 bridgehead atoms. The molecule has 0 atom stereocenters. The Labute approximate surface area is 264 Å². The number of aliphatic carboxylic acids is 2. The highest BCUT2D eigenvalue weighted by Gasteiger charge is 2.41. The summed E-state index contributed by atoms with van der Waals surface area (Å²) >= 11 is 0. The summed E-state index contributed by atoms with van der Waals surface area (Å²) in [6, 6.07) is 5.49. The van der Waals surface area contributed by atoms with E-state index in [9.17, 15) is 19.8 Å². The van der Waals surface area contributed by atoms with Gasteiger partial charge in [-0.25, -0.2) is 9.97 Å². The SMILES string of the molecule is CCc1c(C)c2cc3[nH]c(cc4nc(c(C(F)(F)F)c5nc(cc1[nH]2)C(C)=C5CCC(=O)O)C(CCC(=O)O)=C4C)c(C)c3CC. The van der Waals surface area contributed by atoms with Gasteiger partial charge in [0.2, 0.25) is 0 Å². The molecule has 0 aliphatic carbocycles. The summed E-state index contributed by atoms with van der Waals surface area (Å²) in [6.07, 6.45) is -4.69. The smallest absolute Gasteiger partial charge is 0.420 e. The van der Waals surface area contributed by atoms with Crippen LogP contribution in [0.3, 0.4) is 0 Å². The number of hydrogen-bond acceptors (Lipinski definition) is 4. The number of aryl methyl sites for hydroxylation is 4. The van der Waals surface area contributed by atoms with Crippen molar-refractivity contribution in [1.82, 2.24) is 19.9 Å². The van der Waals surface area contributed by atoms with Crippen molar-refractivity contribution in [3.05, 3.63) is 68.8 Å². The van der Waals surface area contributed by atoms with E-state index >= 15 is 13.2 Å². The zero-order valence-electron chi connectivity index (χ0n) is 26.7. The predicted molar refractivity (Wildman–Crippen MR) is 173 cm³/mol. The molecule has 0 saturated heterocycles. The number of carboxylic acid groups (broad SMARTS) is 2. The summed E-state index contributed by atoms with van der Waals surface area (Å²) in [7, 11) is 0. The third-order valence-electron chi connectivity index (χ3n) is 9.10. The Morgan fingerprint density at radius 1 is 0.696 bits per heavy atom. The summed E-state index contributed by atoms with van der Waals surface area (Å²) in [6.45, 7) is 11.3. The van der Waals surface area contributed by atoms with Gasteiger partial charge in [-0.05, 0) is 116 Å². The van der Waals surface area contributed by atoms with Gasteiger partial charge in [0.05, 0.1) is 22.8 Å². The number of carboxylic acids is 2. The van der Waals surface area contributed by atoms with Crippen LogP contribution in [0.4, 0.5) is 13.2 Å². The summed E-state index contributed by atoms with van der Waals surface area (Å²) in [4.78, 5) is 39.2. The van der Waals surface area contributed by atoms with Crippen molar-refractivity contribution in [3.8, 4) is 0 Å². The number of rotatable bonds is 8. The van der Waals surface area contributed by atoms with Gasteiger partial charge in [-0.15, -0.1) is 0 Å². The van der Waals surface area contributed by atoms with Gasteiger partial charge in [-0.3, -0.25) is 9.59 Å². The largest absolute Gasteiger partial charge is 0.481 e. The van der Waals surface area contributed by atoms with Gasteiger partial charge in [-0.1, -0.05) is 13.8 Å². The first-order chi connectivity index (χ1) is 21.7. The average Bonchev–Trinajstić information content (AvgIpc) is 3.63. The van der Waals surface area contributed by atoms with E-state index in [1.807, 2.05) is 33.8 Å².